The number of methoxy groups -OCH3 is 1. The van der Waals surface area contributed by atoms with Crippen molar-refractivity contribution in [3.63, 3.8) is 0 Å². The number of ether oxygens (including phenoxy) is 1. The summed E-state index contributed by atoms with van der Waals surface area (Å²) in [5.74, 6) is -1.08. The van der Waals surface area contributed by atoms with Crippen molar-refractivity contribution >= 4 is 5.97 Å². The maximum atomic E-state index is 13.7. The zero-order valence-corrected chi connectivity index (χ0v) is 8.13. The van der Waals surface area contributed by atoms with Crippen molar-refractivity contribution in [3.8, 4) is 0 Å². The van der Waals surface area contributed by atoms with Crippen LogP contribution in [0.25, 0.3) is 0 Å². The summed E-state index contributed by atoms with van der Waals surface area (Å²) in [6, 6.07) is 0. The van der Waals surface area contributed by atoms with E-state index in [2.05, 4.69) is 0 Å². The molecule has 0 heterocycles. The molecule has 0 aromatic rings. The van der Waals surface area contributed by atoms with Crippen LogP contribution in [0, 0.1) is 5.41 Å². The smallest absolute Gasteiger partial charge is 0.333 e. The number of halogens is 1. The number of hydrogen-bond donors (Lipinski definition) is 1. The molecule has 0 amide bonds. The molecule has 0 radical (unpaired) electrons. The molecule has 0 aromatic heterocycles. The van der Waals surface area contributed by atoms with Gasteiger partial charge in [-0.2, -0.15) is 0 Å². The summed E-state index contributed by atoms with van der Waals surface area (Å²) in [5, 5.41) is 8.82. The lowest BCUT2D eigenvalue weighted by Gasteiger charge is -2.31. The first kappa shape index (κ1) is 10.4. The lowest BCUT2D eigenvalue weighted by Crippen LogP contribution is -2.43. The van der Waals surface area contributed by atoms with E-state index in [0.29, 0.717) is 12.8 Å². The first-order valence-corrected chi connectivity index (χ1v) is 4.30. The van der Waals surface area contributed by atoms with Gasteiger partial charge in [0.15, 0.2) is 6.10 Å². The molecule has 0 bridgehead atoms. The summed E-state index contributed by atoms with van der Waals surface area (Å²) < 4.78 is 18.5. The lowest BCUT2D eigenvalue weighted by molar-refractivity contribution is -0.158. The zero-order valence-electron chi connectivity index (χ0n) is 8.13. The van der Waals surface area contributed by atoms with E-state index in [0.717, 1.165) is 0 Å². The lowest BCUT2D eigenvalue weighted by atomic mass is 9.84. The van der Waals surface area contributed by atoms with Crippen LogP contribution in [0.3, 0.4) is 0 Å². The average molecular weight is 190 g/mol. The highest BCUT2D eigenvalue weighted by Gasteiger charge is 2.63. The number of carboxylic acid groups (broad SMARTS) is 1. The van der Waals surface area contributed by atoms with Crippen LogP contribution in [0.1, 0.15) is 26.7 Å². The van der Waals surface area contributed by atoms with Gasteiger partial charge < -0.3 is 9.84 Å². The van der Waals surface area contributed by atoms with Crippen LogP contribution >= 0.6 is 0 Å². The standard InChI is InChI=1S/C9H15FO3/c1-8(2,10)9(4-5-9)6(13-3)7(11)12/h6H,4-5H2,1-3H3,(H,11,12). The third-order valence-corrected chi connectivity index (χ3v) is 2.93. The van der Waals surface area contributed by atoms with Crippen LogP contribution in [0.2, 0.25) is 0 Å². The summed E-state index contributed by atoms with van der Waals surface area (Å²) in [4.78, 5) is 10.8. The Kier molecular flexibility index (Phi) is 2.36. The summed E-state index contributed by atoms with van der Waals surface area (Å²) in [5.41, 5.74) is -2.31. The third-order valence-electron chi connectivity index (χ3n) is 2.93. The quantitative estimate of drug-likeness (QED) is 0.732. The second-order valence-electron chi connectivity index (χ2n) is 4.08. The van der Waals surface area contributed by atoms with Crippen molar-refractivity contribution in [1.29, 1.82) is 0 Å². The Morgan fingerprint density at radius 2 is 2.08 bits per heavy atom. The molecule has 1 unspecified atom stereocenters. The molecule has 4 heteroatoms. The van der Waals surface area contributed by atoms with Crippen molar-refractivity contribution < 1.29 is 19.0 Å². The van der Waals surface area contributed by atoms with Gasteiger partial charge in [0.2, 0.25) is 0 Å². The van der Waals surface area contributed by atoms with E-state index in [4.69, 9.17) is 9.84 Å². The van der Waals surface area contributed by atoms with Crippen LogP contribution in [-0.4, -0.2) is 30.0 Å². The van der Waals surface area contributed by atoms with Gasteiger partial charge in [0.1, 0.15) is 5.67 Å². The van der Waals surface area contributed by atoms with Gasteiger partial charge in [0.25, 0.3) is 0 Å². The molecule has 0 spiro atoms. The SMILES string of the molecule is COC(C(=O)O)C1(C(C)(C)F)CC1. The Bertz CT molecular complexity index is 215. The minimum atomic E-state index is -1.49. The Labute approximate surface area is 76.9 Å². The monoisotopic (exact) mass is 190 g/mol. The molecule has 1 aliphatic carbocycles. The van der Waals surface area contributed by atoms with E-state index in [1.165, 1.54) is 21.0 Å². The third kappa shape index (κ3) is 1.55. The van der Waals surface area contributed by atoms with Gasteiger partial charge in [-0.25, -0.2) is 9.18 Å². The molecule has 0 aromatic carbocycles. The fourth-order valence-electron chi connectivity index (χ4n) is 1.87. The highest BCUT2D eigenvalue weighted by molar-refractivity contribution is 5.74. The van der Waals surface area contributed by atoms with E-state index in [1.807, 2.05) is 0 Å². The largest absolute Gasteiger partial charge is 0.479 e. The number of alkyl halides is 1. The minimum absolute atomic E-state index is 0.585. The van der Waals surface area contributed by atoms with Gasteiger partial charge in [-0.3, -0.25) is 0 Å². The number of carboxylic acids is 1. The van der Waals surface area contributed by atoms with Crippen LogP contribution in [0.5, 0.6) is 0 Å². The van der Waals surface area contributed by atoms with Gasteiger partial charge in [-0.15, -0.1) is 0 Å². The zero-order chi connectivity index (χ0) is 10.3. The van der Waals surface area contributed by atoms with Crippen molar-refractivity contribution in [1.82, 2.24) is 0 Å². The Hall–Kier alpha value is -0.640. The molecule has 1 rings (SSSR count). The first-order chi connectivity index (χ1) is 5.85. The van der Waals surface area contributed by atoms with Gasteiger partial charge in [0.05, 0.1) is 0 Å². The number of hydrogen-bond acceptors (Lipinski definition) is 2. The summed E-state index contributed by atoms with van der Waals surface area (Å²) >= 11 is 0. The van der Waals surface area contributed by atoms with E-state index in [9.17, 15) is 9.18 Å². The van der Waals surface area contributed by atoms with E-state index in [1.54, 1.807) is 0 Å². The van der Waals surface area contributed by atoms with Crippen molar-refractivity contribution in [2.45, 2.75) is 38.5 Å². The molecule has 3 nitrogen and oxygen atoms in total. The van der Waals surface area contributed by atoms with Gasteiger partial charge >= 0.3 is 5.97 Å². The summed E-state index contributed by atoms with van der Waals surface area (Å²) in [6.07, 6.45) is 0.148. The van der Waals surface area contributed by atoms with Crippen LogP contribution in [-0.2, 0) is 9.53 Å². The van der Waals surface area contributed by atoms with Crippen molar-refractivity contribution in [2.75, 3.05) is 7.11 Å². The van der Waals surface area contributed by atoms with Crippen LogP contribution in [0.4, 0.5) is 4.39 Å². The molecular weight excluding hydrogens is 175 g/mol. The van der Waals surface area contributed by atoms with Crippen molar-refractivity contribution in [2.24, 2.45) is 5.41 Å². The first-order valence-electron chi connectivity index (χ1n) is 4.30. The minimum Gasteiger partial charge on any atom is -0.479 e. The van der Waals surface area contributed by atoms with Crippen LogP contribution in [0.15, 0.2) is 0 Å². The van der Waals surface area contributed by atoms with E-state index < -0.39 is 23.2 Å². The molecule has 1 aliphatic rings. The maximum Gasteiger partial charge on any atom is 0.333 e. The topological polar surface area (TPSA) is 46.5 Å². The fourth-order valence-corrected chi connectivity index (χ4v) is 1.87. The highest BCUT2D eigenvalue weighted by Crippen LogP contribution is 2.59. The normalized spacial score (nSPS) is 22.5. The van der Waals surface area contributed by atoms with Crippen molar-refractivity contribution in [3.05, 3.63) is 0 Å². The molecule has 76 valence electrons. The molecule has 0 saturated heterocycles. The van der Waals surface area contributed by atoms with Gasteiger partial charge in [-0.05, 0) is 26.7 Å². The van der Waals surface area contributed by atoms with Crippen LogP contribution < -0.4 is 0 Å². The predicted molar refractivity (Wildman–Crippen MR) is 45.3 cm³/mol. The molecular formula is C9H15FO3. The average Bonchev–Trinajstić information content (AvgIpc) is 2.67. The molecule has 1 fully saturated rings. The number of rotatable bonds is 4. The Balaban J connectivity index is 2.85. The van der Waals surface area contributed by atoms with E-state index in [-0.39, 0.29) is 0 Å². The summed E-state index contributed by atoms with van der Waals surface area (Å²) in [6.45, 7) is 2.82. The molecule has 13 heavy (non-hydrogen) atoms. The molecule has 1 N–H and O–H groups in total. The maximum absolute atomic E-state index is 13.7. The Morgan fingerprint density at radius 3 is 2.15 bits per heavy atom. The molecule has 1 atom stereocenters. The number of aliphatic carboxylic acids is 1. The second kappa shape index (κ2) is 2.94. The molecule has 0 aliphatic heterocycles. The molecule has 1 saturated carbocycles. The van der Waals surface area contributed by atoms with E-state index >= 15 is 0 Å². The fraction of sp³-hybridized carbons (Fsp3) is 0.889. The van der Waals surface area contributed by atoms with Gasteiger partial charge in [-0.1, -0.05) is 0 Å². The number of carbonyl (C=O) groups is 1. The highest BCUT2D eigenvalue weighted by atomic mass is 19.1. The second-order valence-corrected chi connectivity index (χ2v) is 4.08. The van der Waals surface area contributed by atoms with Gasteiger partial charge in [0, 0.05) is 12.5 Å². The Morgan fingerprint density at radius 1 is 1.62 bits per heavy atom. The summed E-state index contributed by atoms with van der Waals surface area (Å²) in [7, 11) is 1.31. The predicted octanol–water partition coefficient (Wildman–Crippen LogP) is 1.61.